The third-order valence-corrected chi connectivity index (χ3v) is 8.87. The van der Waals surface area contributed by atoms with E-state index in [1.54, 1.807) is 48.5 Å². The Morgan fingerprint density at radius 2 is 1.57 bits per heavy atom. The summed E-state index contributed by atoms with van der Waals surface area (Å²) in [5, 5.41) is 2.89. The lowest BCUT2D eigenvalue weighted by atomic mass is 10.0. The van der Waals surface area contributed by atoms with Crippen LogP contribution >= 0.6 is 34.8 Å². The summed E-state index contributed by atoms with van der Waals surface area (Å²) in [4.78, 5) is 28.9. The van der Waals surface area contributed by atoms with Crippen LogP contribution in [0, 0.1) is 0 Å². The van der Waals surface area contributed by atoms with E-state index in [9.17, 15) is 31.2 Å². The molecular weight excluding hydrogens is 662 g/mol. The minimum Gasteiger partial charge on any atom is -0.354 e. The molecule has 0 saturated heterocycles. The van der Waals surface area contributed by atoms with E-state index in [2.05, 4.69) is 5.32 Å². The summed E-state index contributed by atoms with van der Waals surface area (Å²) in [7, 11) is -4.36. The Hall–Kier alpha value is -2.99. The lowest BCUT2D eigenvalue weighted by Gasteiger charge is -2.34. The van der Waals surface area contributed by atoms with Crippen LogP contribution in [0.3, 0.4) is 0 Å². The first-order valence-corrected chi connectivity index (χ1v) is 16.5. The van der Waals surface area contributed by atoms with Crippen LogP contribution in [0.2, 0.25) is 15.1 Å². The van der Waals surface area contributed by atoms with E-state index in [4.69, 9.17) is 34.8 Å². The number of nitrogens with zero attached hydrogens (tertiary/aromatic N) is 2. The zero-order valence-corrected chi connectivity index (χ0v) is 27.0. The van der Waals surface area contributed by atoms with E-state index < -0.39 is 51.9 Å². The number of rotatable bonds is 13. The Bertz CT molecular complexity index is 1550. The van der Waals surface area contributed by atoms with Crippen LogP contribution < -0.4 is 9.62 Å². The summed E-state index contributed by atoms with van der Waals surface area (Å²) >= 11 is 19.0. The third-order valence-electron chi connectivity index (χ3n) is 6.71. The molecule has 2 amide bonds. The maximum atomic E-state index is 14.1. The maximum absolute atomic E-state index is 14.1. The first kappa shape index (κ1) is 35.5. The Morgan fingerprint density at radius 3 is 2.14 bits per heavy atom. The minimum atomic E-state index is -4.81. The molecule has 0 heterocycles. The molecule has 3 rings (SSSR count). The molecule has 0 aliphatic rings. The zero-order chi connectivity index (χ0) is 32.7. The van der Waals surface area contributed by atoms with Gasteiger partial charge in [0.15, 0.2) is 0 Å². The largest absolute Gasteiger partial charge is 0.416 e. The maximum Gasteiger partial charge on any atom is 0.416 e. The number of sulfonamides is 1. The monoisotopic (exact) mass is 691 g/mol. The fourth-order valence-electron chi connectivity index (χ4n) is 4.39. The van der Waals surface area contributed by atoms with Crippen LogP contribution in [0.1, 0.15) is 36.5 Å². The van der Waals surface area contributed by atoms with Crippen molar-refractivity contribution < 1.29 is 31.2 Å². The fraction of sp³-hybridized carbons (Fsp3) is 0.333. The molecule has 0 aliphatic carbocycles. The highest BCUT2D eigenvalue weighted by atomic mass is 35.5. The smallest absolute Gasteiger partial charge is 0.354 e. The molecule has 1 N–H and O–H groups in total. The van der Waals surface area contributed by atoms with Gasteiger partial charge in [0.2, 0.25) is 21.8 Å². The molecule has 3 aromatic rings. The second kappa shape index (κ2) is 15.3. The van der Waals surface area contributed by atoms with Gasteiger partial charge in [0.1, 0.15) is 12.6 Å². The van der Waals surface area contributed by atoms with Crippen molar-refractivity contribution >= 4 is 62.3 Å². The predicted octanol–water partition coefficient (Wildman–Crippen LogP) is 6.99. The fourth-order valence-corrected chi connectivity index (χ4v) is 6.03. The summed E-state index contributed by atoms with van der Waals surface area (Å²) in [5.74, 6) is -1.41. The molecule has 0 radical (unpaired) electrons. The average molecular weight is 693 g/mol. The highest BCUT2D eigenvalue weighted by molar-refractivity contribution is 7.92. The van der Waals surface area contributed by atoms with Gasteiger partial charge >= 0.3 is 6.18 Å². The number of halogens is 6. The summed E-state index contributed by atoms with van der Waals surface area (Å²) in [6.07, 6.45) is -2.57. The van der Waals surface area contributed by atoms with Crippen molar-refractivity contribution in [2.45, 2.75) is 44.9 Å². The molecule has 0 unspecified atom stereocenters. The van der Waals surface area contributed by atoms with Crippen LogP contribution in [-0.4, -0.2) is 50.5 Å². The lowest BCUT2D eigenvalue weighted by molar-refractivity contribution is -0.140. The molecule has 0 aromatic heterocycles. The summed E-state index contributed by atoms with van der Waals surface area (Å²) < 4.78 is 67.0. The number of hydrogen-bond acceptors (Lipinski definition) is 4. The second-order valence-corrected chi connectivity index (χ2v) is 13.1. The van der Waals surface area contributed by atoms with Gasteiger partial charge in [0.05, 0.1) is 22.5 Å². The third kappa shape index (κ3) is 9.50. The molecule has 0 saturated carbocycles. The highest BCUT2D eigenvalue weighted by Crippen LogP contribution is 2.36. The van der Waals surface area contributed by atoms with Gasteiger partial charge in [-0.15, -0.1) is 0 Å². The molecule has 44 heavy (non-hydrogen) atoms. The summed E-state index contributed by atoms with van der Waals surface area (Å²) in [6, 6.07) is 14.5. The van der Waals surface area contributed by atoms with Crippen LogP contribution in [-0.2, 0) is 38.8 Å². The van der Waals surface area contributed by atoms with Crippen molar-refractivity contribution in [2.75, 3.05) is 23.7 Å². The van der Waals surface area contributed by atoms with Gasteiger partial charge < -0.3 is 10.2 Å². The topological polar surface area (TPSA) is 86.8 Å². The molecule has 238 valence electrons. The van der Waals surface area contributed by atoms with E-state index in [0.717, 1.165) is 23.6 Å². The van der Waals surface area contributed by atoms with Crippen molar-refractivity contribution in [1.29, 1.82) is 0 Å². The molecule has 14 heteroatoms. The number of carbonyl (C=O) groups excluding carboxylic acids is 2. The van der Waals surface area contributed by atoms with Gasteiger partial charge in [-0.05, 0) is 42.3 Å². The first-order valence-electron chi connectivity index (χ1n) is 13.5. The van der Waals surface area contributed by atoms with Crippen LogP contribution in [0.25, 0.3) is 0 Å². The number of alkyl halides is 3. The Morgan fingerprint density at radius 1 is 0.932 bits per heavy atom. The molecule has 0 bridgehead atoms. The van der Waals surface area contributed by atoms with Crippen molar-refractivity contribution in [3.05, 3.63) is 98.5 Å². The van der Waals surface area contributed by atoms with Gasteiger partial charge in [-0.3, -0.25) is 13.9 Å². The first-order chi connectivity index (χ1) is 20.6. The molecule has 7 nitrogen and oxygen atoms in total. The molecular formula is C30H31Cl3F3N3O4S. The number of amides is 2. The van der Waals surface area contributed by atoms with Crippen molar-refractivity contribution in [3.63, 3.8) is 0 Å². The van der Waals surface area contributed by atoms with Crippen LogP contribution in [0.4, 0.5) is 18.9 Å². The van der Waals surface area contributed by atoms with E-state index in [1.165, 1.54) is 0 Å². The summed E-state index contributed by atoms with van der Waals surface area (Å²) in [6.45, 7) is 1.01. The normalized spacial score (nSPS) is 12.5. The van der Waals surface area contributed by atoms with Crippen molar-refractivity contribution in [2.24, 2.45) is 0 Å². The predicted molar refractivity (Wildman–Crippen MR) is 168 cm³/mol. The number of hydrogen-bond donors (Lipinski definition) is 1. The summed E-state index contributed by atoms with van der Waals surface area (Å²) in [5.41, 5.74) is -0.700. The lowest BCUT2D eigenvalue weighted by Crippen LogP contribution is -2.53. The van der Waals surface area contributed by atoms with Crippen LogP contribution in [0.15, 0.2) is 66.7 Å². The zero-order valence-electron chi connectivity index (χ0n) is 23.9. The Labute approximate surface area is 269 Å². The second-order valence-electron chi connectivity index (χ2n) is 10.0. The molecule has 3 aromatic carbocycles. The van der Waals surface area contributed by atoms with Crippen LogP contribution in [0.5, 0.6) is 0 Å². The van der Waals surface area contributed by atoms with Gasteiger partial charge in [0, 0.05) is 35.1 Å². The van der Waals surface area contributed by atoms with Crippen molar-refractivity contribution in [3.8, 4) is 0 Å². The van der Waals surface area contributed by atoms with Gasteiger partial charge in [-0.1, -0.05) is 84.5 Å². The number of nitrogens with one attached hydrogen (secondary N) is 1. The number of anilines is 1. The van der Waals surface area contributed by atoms with E-state index in [1.807, 2.05) is 6.92 Å². The number of unbranched alkanes of at least 4 members (excludes halogenated alkanes) is 1. The molecule has 0 aliphatic heterocycles. The molecule has 0 fully saturated rings. The SMILES string of the molecule is CCCCNC(=O)[C@H](Cc1ccccc1)N(Cc1c(Cl)cccc1Cl)C(=O)CN(c1cc(C(F)(F)F)ccc1Cl)S(C)(=O)=O. The number of carbonyl (C=O) groups is 2. The Balaban J connectivity index is 2.14. The molecule has 1 atom stereocenters. The minimum absolute atomic E-state index is 0.0375. The molecule has 0 spiro atoms. The quantitative estimate of drug-likeness (QED) is 0.196. The standard InChI is InChI=1S/C30H31Cl3F3N3O4S/c1-3-4-15-37-29(41)27(16-20-9-6-5-7-10-20)38(18-22-23(31)11-8-12-24(22)32)28(40)19-39(44(2,42)43)26-17-21(30(34,35)36)13-14-25(26)33/h5-14,17,27H,3-4,15-16,18-19H2,1-2H3,(H,37,41)/t27-/m0/s1. The van der Waals surface area contributed by atoms with Gasteiger partial charge in [0.25, 0.3) is 0 Å². The number of benzene rings is 3. The van der Waals surface area contributed by atoms with Gasteiger partial charge in [-0.25, -0.2) is 8.42 Å². The van der Waals surface area contributed by atoms with Gasteiger partial charge in [-0.2, -0.15) is 13.2 Å². The van der Waals surface area contributed by atoms with E-state index in [-0.39, 0.29) is 28.0 Å². The Kier molecular flexibility index (Phi) is 12.4. The van der Waals surface area contributed by atoms with E-state index in [0.29, 0.717) is 40.5 Å². The highest BCUT2D eigenvalue weighted by Gasteiger charge is 2.36. The average Bonchev–Trinajstić information content (AvgIpc) is 2.94. The van der Waals surface area contributed by atoms with Crippen molar-refractivity contribution in [1.82, 2.24) is 10.2 Å². The van der Waals surface area contributed by atoms with E-state index >= 15 is 0 Å².